The third-order valence-electron chi connectivity index (χ3n) is 2.42. The Kier molecular flexibility index (Phi) is 2.50. The van der Waals surface area contributed by atoms with Crippen LogP contribution in [0.2, 0.25) is 0 Å². The Hall–Kier alpha value is -1.33. The van der Waals surface area contributed by atoms with Crippen LogP contribution in [-0.4, -0.2) is 37.5 Å². The van der Waals surface area contributed by atoms with Crippen molar-refractivity contribution in [1.82, 2.24) is 4.98 Å². The number of methoxy groups -OCH3 is 2. The third-order valence-corrected chi connectivity index (χ3v) is 2.42. The summed E-state index contributed by atoms with van der Waals surface area (Å²) in [5, 5.41) is 10.1. The predicted octanol–water partition coefficient (Wildman–Crippen LogP) is 0.317. The quantitative estimate of drug-likeness (QED) is 0.780. The summed E-state index contributed by atoms with van der Waals surface area (Å²) in [7, 11) is 3.04. The molecule has 0 unspecified atom stereocenters. The van der Waals surface area contributed by atoms with Gasteiger partial charge in [0, 0.05) is 6.07 Å². The second kappa shape index (κ2) is 3.67. The first kappa shape index (κ1) is 10.2. The van der Waals surface area contributed by atoms with E-state index in [1.54, 1.807) is 12.1 Å². The fourth-order valence-electron chi connectivity index (χ4n) is 1.50. The molecular formula is C10H13NO4. The molecule has 0 spiro atoms. The lowest BCUT2D eigenvalue weighted by molar-refractivity contribution is -0.185. The lowest BCUT2D eigenvalue weighted by Gasteiger charge is -2.36. The minimum absolute atomic E-state index is 0.275. The molecule has 0 saturated carbocycles. The second-order valence-electron chi connectivity index (χ2n) is 3.43. The first-order chi connectivity index (χ1) is 7.19. The zero-order chi connectivity index (χ0) is 10.9. The van der Waals surface area contributed by atoms with Gasteiger partial charge in [-0.25, -0.2) is 0 Å². The number of ether oxygens (including phenoxy) is 3. The molecule has 0 aromatic carbocycles. The van der Waals surface area contributed by atoms with Crippen molar-refractivity contribution in [1.29, 1.82) is 0 Å². The monoisotopic (exact) mass is 211 g/mol. The van der Waals surface area contributed by atoms with E-state index in [4.69, 9.17) is 14.2 Å². The highest BCUT2D eigenvalue weighted by molar-refractivity contribution is 5.36. The standard InChI is InChI=1S/C10H13NO4/c1-13-8-4-3-7(9(11-8)14-2)10(12)5-15-6-10/h3-4,12H,5-6H2,1-2H3. The minimum atomic E-state index is -0.968. The Balaban J connectivity index is 2.38. The van der Waals surface area contributed by atoms with Gasteiger partial charge in [-0.2, -0.15) is 4.98 Å². The molecule has 5 nitrogen and oxygen atoms in total. The van der Waals surface area contributed by atoms with Gasteiger partial charge < -0.3 is 19.3 Å². The van der Waals surface area contributed by atoms with Gasteiger partial charge in [0.2, 0.25) is 11.8 Å². The Morgan fingerprint density at radius 2 is 2.07 bits per heavy atom. The van der Waals surface area contributed by atoms with Crippen molar-refractivity contribution in [2.24, 2.45) is 0 Å². The smallest absolute Gasteiger partial charge is 0.222 e. The van der Waals surface area contributed by atoms with Crippen molar-refractivity contribution in [3.63, 3.8) is 0 Å². The number of nitrogens with zero attached hydrogens (tertiary/aromatic N) is 1. The molecule has 1 fully saturated rings. The Labute approximate surface area is 87.6 Å². The molecule has 0 aliphatic carbocycles. The highest BCUT2D eigenvalue weighted by Crippen LogP contribution is 2.35. The van der Waals surface area contributed by atoms with E-state index in [1.807, 2.05) is 0 Å². The molecule has 1 aliphatic rings. The molecular weight excluding hydrogens is 198 g/mol. The maximum atomic E-state index is 10.1. The van der Waals surface area contributed by atoms with Crippen LogP contribution in [0.15, 0.2) is 12.1 Å². The fourth-order valence-corrected chi connectivity index (χ4v) is 1.50. The van der Waals surface area contributed by atoms with Crippen molar-refractivity contribution >= 4 is 0 Å². The maximum absolute atomic E-state index is 10.1. The van der Waals surface area contributed by atoms with Crippen LogP contribution in [-0.2, 0) is 10.3 Å². The number of hydrogen-bond acceptors (Lipinski definition) is 5. The van der Waals surface area contributed by atoms with Gasteiger partial charge in [-0.15, -0.1) is 0 Å². The molecule has 1 aliphatic heterocycles. The predicted molar refractivity (Wildman–Crippen MR) is 52.1 cm³/mol. The molecule has 0 radical (unpaired) electrons. The van der Waals surface area contributed by atoms with Crippen LogP contribution in [0.25, 0.3) is 0 Å². The van der Waals surface area contributed by atoms with E-state index in [1.165, 1.54) is 14.2 Å². The van der Waals surface area contributed by atoms with Gasteiger partial charge in [0.15, 0.2) is 0 Å². The number of pyridine rings is 1. The summed E-state index contributed by atoms with van der Waals surface area (Å²) in [6.07, 6.45) is 0. The Bertz CT molecular complexity index is 362. The fraction of sp³-hybridized carbons (Fsp3) is 0.500. The molecule has 2 rings (SSSR count). The summed E-state index contributed by atoms with van der Waals surface area (Å²) >= 11 is 0. The largest absolute Gasteiger partial charge is 0.481 e. The van der Waals surface area contributed by atoms with Crippen molar-refractivity contribution in [2.45, 2.75) is 5.60 Å². The minimum Gasteiger partial charge on any atom is -0.481 e. The molecule has 1 aromatic rings. The third kappa shape index (κ3) is 1.64. The van der Waals surface area contributed by atoms with Crippen LogP contribution in [0, 0.1) is 0 Å². The van der Waals surface area contributed by atoms with Crippen molar-refractivity contribution in [2.75, 3.05) is 27.4 Å². The highest BCUT2D eigenvalue weighted by atomic mass is 16.5. The number of rotatable bonds is 3. The van der Waals surface area contributed by atoms with Crippen LogP contribution >= 0.6 is 0 Å². The molecule has 0 atom stereocenters. The Morgan fingerprint density at radius 3 is 2.53 bits per heavy atom. The average molecular weight is 211 g/mol. The molecule has 0 bridgehead atoms. The molecule has 1 aromatic heterocycles. The van der Waals surface area contributed by atoms with Crippen molar-refractivity contribution in [3.8, 4) is 11.8 Å². The molecule has 15 heavy (non-hydrogen) atoms. The second-order valence-corrected chi connectivity index (χ2v) is 3.43. The summed E-state index contributed by atoms with van der Waals surface area (Å²) < 4.78 is 15.1. The highest BCUT2D eigenvalue weighted by Gasteiger charge is 2.41. The summed E-state index contributed by atoms with van der Waals surface area (Å²) in [6.45, 7) is 0.550. The number of hydrogen-bond donors (Lipinski definition) is 1. The molecule has 82 valence electrons. The number of aliphatic hydroxyl groups is 1. The van der Waals surface area contributed by atoms with Crippen LogP contribution < -0.4 is 9.47 Å². The zero-order valence-corrected chi connectivity index (χ0v) is 8.69. The van der Waals surface area contributed by atoms with Crippen molar-refractivity contribution in [3.05, 3.63) is 17.7 Å². The molecule has 5 heteroatoms. The summed E-state index contributed by atoms with van der Waals surface area (Å²) in [6, 6.07) is 3.43. The van der Waals surface area contributed by atoms with Crippen LogP contribution in [0.4, 0.5) is 0 Å². The van der Waals surface area contributed by atoms with Crippen LogP contribution in [0.3, 0.4) is 0 Å². The lowest BCUT2D eigenvalue weighted by atomic mass is 9.93. The Morgan fingerprint density at radius 1 is 1.33 bits per heavy atom. The summed E-state index contributed by atoms with van der Waals surface area (Å²) in [5.74, 6) is 0.833. The van der Waals surface area contributed by atoms with Crippen LogP contribution in [0.5, 0.6) is 11.8 Å². The van der Waals surface area contributed by atoms with E-state index < -0.39 is 5.60 Å². The van der Waals surface area contributed by atoms with Gasteiger partial charge >= 0.3 is 0 Å². The van der Waals surface area contributed by atoms with Gasteiger partial charge in [0.05, 0.1) is 33.0 Å². The normalized spacial score (nSPS) is 18.1. The van der Waals surface area contributed by atoms with E-state index in [2.05, 4.69) is 4.98 Å². The lowest BCUT2D eigenvalue weighted by Crippen LogP contribution is -2.46. The molecule has 2 heterocycles. The van der Waals surface area contributed by atoms with Gasteiger partial charge in [-0.05, 0) is 6.07 Å². The summed E-state index contributed by atoms with van der Waals surface area (Å²) in [5.41, 5.74) is -0.331. The molecule has 1 N–H and O–H groups in total. The van der Waals surface area contributed by atoms with E-state index in [0.29, 0.717) is 17.3 Å². The van der Waals surface area contributed by atoms with E-state index in [0.717, 1.165) is 0 Å². The van der Waals surface area contributed by atoms with E-state index >= 15 is 0 Å². The topological polar surface area (TPSA) is 60.8 Å². The van der Waals surface area contributed by atoms with E-state index in [-0.39, 0.29) is 13.2 Å². The van der Waals surface area contributed by atoms with Gasteiger partial charge in [0.25, 0.3) is 0 Å². The zero-order valence-electron chi connectivity index (χ0n) is 8.69. The summed E-state index contributed by atoms with van der Waals surface area (Å²) in [4.78, 5) is 4.10. The van der Waals surface area contributed by atoms with Gasteiger partial charge in [0.1, 0.15) is 5.60 Å². The average Bonchev–Trinajstić information content (AvgIpc) is 2.25. The first-order valence-electron chi connectivity index (χ1n) is 4.59. The van der Waals surface area contributed by atoms with E-state index in [9.17, 15) is 5.11 Å². The first-order valence-corrected chi connectivity index (χ1v) is 4.59. The number of aromatic nitrogens is 1. The SMILES string of the molecule is COc1ccc(C2(O)COC2)c(OC)n1. The van der Waals surface area contributed by atoms with Crippen molar-refractivity contribution < 1.29 is 19.3 Å². The molecule has 1 saturated heterocycles. The molecule has 0 amide bonds. The van der Waals surface area contributed by atoms with Crippen LogP contribution in [0.1, 0.15) is 5.56 Å². The van der Waals surface area contributed by atoms with Gasteiger partial charge in [-0.3, -0.25) is 0 Å². The maximum Gasteiger partial charge on any atom is 0.222 e. The van der Waals surface area contributed by atoms with Gasteiger partial charge in [-0.1, -0.05) is 0 Å².